The number of likely N-dealkylation sites (N-methyl/N-ethyl adjacent to an activating group) is 2. The number of rotatable bonds is 2. The average molecular weight is 727 g/mol. The van der Waals surface area contributed by atoms with Crippen LogP contribution in [0.5, 0.6) is 0 Å². The maximum Gasteiger partial charge on any atom is 0.266 e. The number of carbonyl (C=O) groups is 4. The van der Waals surface area contributed by atoms with E-state index >= 15 is 0 Å². The summed E-state index contributed by atoms with van der Waals surface area (Å²) in [4.78, 5) is 57.8. The minimum absolute atomic E-state index is 0.374. The highest BCUT2D eigenvalue weighted by Gasteiger charge is 2.93. The summed E-state index contributed by atoms with van der Waals surface area (Å²) in [7, 11) is 7.46. The van der Waals surface area contributed by atoms with Crippen molar-refractivity contribution in [3.05, 3.63) is 59.7 Å². The summed E-state index contributed by atoms with van der Waals surface area (Å²) >= 11 is 0. The Morgan fingerprint density at radius 1 is 0.688 bits per heavy atom. The molecule has 48 heavy (non-hydrogen) atoms. The third-order valence-corrected chi connectivity index (χ3v) is 19.8. The van der Waals surface area contributed by atoms with E-state index in [9.17, 15) is 34.5 Å². The highest BCUT2D eigenvalue weighted by atomic mass is 33.1. The summed E-state index contributed by atoms with van der Waals surface area (Å²) in [5.74, 6) is -1.94. The fourth-order valence-corrected chi connectivity index (χ4v) is 17.7. The molecule has 2 spiro atoms. The van der Waals surface area contributed by atoms with Gasteiger partial charge in [0.2, 0.25) is 14.6 Å². The van der Waals surface area contributed by atoms with Gasteiger partial charge in [-0.25, -0.2) is 0 Å². The second kappa shape index (κ2) is 8.55. The van der Waals surface area contributed by atoms with Crippen LogP contribution in [0, 0.1) is 0 Å². The van der Waals surface area contributed by atoms with Crippen LogP contribution in [0.15, 0.2) is 48.5 Å². The molecule has 8 fully saturated rings. The number of anilines is 2. The zero-order valence-corrected chi connectivity index (χ0v) is 29.2. The van der Waals surface area contributed by atoms with Gasteiger partial charge in [0.15, 0.2) is 4.87 Å². The number of piperazine rings is 2. The summed E-state index contributed by atoms with van der Waals surface area (Å²) in [5, 5.41) is 44.8. The lowest BCUT2D eigenvalue weighted by Gasteiger charge is -2.59. The van der Waals surface area contributed by atoms with Crippen LogP contribution in [-0.2, 0) is 30.0 Å². The summed E-state index contributed by atoms with van der Waals surface area (Å²) in [5.41, 5.74) is -1.15. The van der Waals surface area contributed by atoms with Crippen molar-refractivity contribution in [3.63, 3.8) is 0 Å². The van der Waals surface area contributed by atoms with Crippen LogP contribution < -0.4 is 10.6 Å². The lowest BCUT2D eigenvalue weighted by atomic mass is 9.52. The van der Waals surface area contributed by atoms with E-state index < -0.39 is 78.7 Å². The number of para-hydroxylation sites is 2. The van der Waals surface area contributed by atoms with Crippen molar-refractivity contribution >= 4 is 78.2 Å². The number of aliphatic hydroxyl groups excluding tert-OH is 3. The van der Waals surface area contributed by atoms with Crippen molar-refractivity contribution in [3.8, 4) is 0 Å². The molecular weight excluding hydrogens is 697 g/mol. The predicted octanol–water partition coefficient (Wildman–Crippen LogP) is 0.692. The highest BCUT2D eigenvalue weighted by Crippen LogP contribution is 2.78. The van der Waals surface area contributed by atoms with Gasteiger partial charge in [0.1, 0.15) is 24.5 Å². The van der Waals surface area contributed by atoms with Crippen LogP contribution in [0.2, 0.25) is 0 Å². The molecule has 0 aromatic heterocycles. The normalized spacial score (nSPS) is 46.2. The Morgan fingerprint density at radius 2 is 1.15 bits per heavy atom. The standard InChI is InChI=1S/C31H30N6O7S4/c1-13(38)29-25(44)37-21-28(15-10-6-8-12-17(15)33-21,19(40)31(37,48-46-29)24(43)35(29)4)27-14-9-5-7-11-16(14)32-20(27)36-22(41)26(2)34(3)23(42)30(36,18(27)39)47-45-26/h5-13,18-21,32-33,38-40H,1-4H3/t13-,18+,19+,20-,21-,26+,27-,28-,29+,30+,31+/m1/s1. The third kappa shape index (κ3) is 2.48. The maximum atomic E-state index is 14.9. The number of amides is 4. The molecule has 10 aliphatic heterocycles. The quantitative estimate of drug-likeness (QED) is 0.275. The van der Waals surface area contributed by atoms with Gasteiger partial charge in [-0.1, -0.05) is 47.2 Å². The van der Waals surface area contributed by atoms with Crippen molar-refractivity contribution in [2.24, 2.45) is 0 Å². The van der Waals surface area contributed by atoms with Crippen LogP contribution in [0.3, 0.4) is 0 Å². The van der Waals surface area contributed by atoms with Gasteiger partial charge < -0.3 is 35.8 Å². The van der Waals surface area contributed by atoms with Crippen molar-refractivity contribution in [2.45, 2.75) is 74.8 Å². The highest BCUT2D eigenvalue weighted by molar-refractivity contribution is 8.78. The summed E-state index contributed by atoms with van der Waals surface area (Å²) in [6.07, 6.45) is -6.80. The number of hydrogen-bond acceptors (Lipinski definition) is 13. The first kappa shape index (κ1) is 30.1. The monoisotopic (exact) mass is 726 g/mol. The minimum atomic E-state index is -1.88. The fraction of sp³-hybridized carbons (Fsp3) is 0.484. The molecule has 0 saturated carbocycles. The smallest absolute Gasteiger partial charge is 0.266 e. The van der Waals surface area contributed by atoms with Gasteiger partial charge >= 0.3 is 0 Å². The largest absolute Gasteiger partial charge is 0.389 e. The summed E-state index contributed by atoms with van der Waals surface area (Å²) < 4.78 is 0. The van der Waals surface area contributed by atoms with Gasteiger partial charge in [-0.3, -0.25) is 29.0 Å². The molecule has 0 aliphatic carbocycles. The Bertz CT molecular complexity index is 1950. The summed E-state index contributed by atoms with van der Waals surface area (Å²) in [6.45, 7) is 3.16. The van der Waals surface area contributed by atoms with Gasteiger partial charge in [-0.05, 0) is 69.5 Å². The Morgan fingerprint density at radius 3 is 1.67 bits per heavy atom. The zero-order valence-electron chi connectivity index (χ0n) is 25.9. The molecule has 11 atom stereocenters. The van der Waals surface area contributed by atoms with Crippen LogP contribution in [0.25, 0.3) is 0 Å². The first-order valence-electron chi connectivity index (χ1n) is 15.5. The van der Waals surface area contributed by atoms with Crippen LogP contribution in [-0.4, -0.2) is 123 Å². The average Bonchev–Trinajstić information content (AvgIpc) is 3.72. The van der Waals surface area contributed by atoms with Crippen molar-refractivity contribution < 1.29 is 34.5 Å². The van der Waals surface area contributed by atoms with E-state index in [4.69, 9.17) is 0 Å². The molecule has 12 rings (SSSR count). The fourth-order valence-electron chi connectivity index (χ4n) is 10.2. The molecular formula is C31H30N6O7S4. The molecule has 13 nitrogen and oxygen atoms in total. The van der Waals surface area contributed by atoms with Crippen molar-refractivity contribution in [2.75, 3.05) is 24.7 Å². The molecule has 2 aromatic carbocycles. The van der Waals surface area contributed by atoms with Crippen LogP contribution in [0.4, 0.5) is 11.4 Å². The SMILES string of the molecule is C[C@@H](O)[C@@]12SS[C@]3(C(=O)N1C)[C@@H](O)[C@]1([C@@]45c6ccccc6N[C@@H]4N4C(=O)[C@]6(C)SS[C@]4(C(=O)N6C)[C@H]5O)c4ccccc4N[C@@H]1N3C2=O. The lowest BCUT2D eigenvalue weighted by molar-refractivity contribution is -0.172. The first-order chi connectivity index (χ1) is 22.8. The Labute approximate surface area is 290 Å². The van der Waals surface area contributed by atoms with Gasteiger partial charge in [0.05, 0.1) is 16.9 Å². The molecule has 2 aromatic rings. The summed E-state index contributed by atoms with van der Waals surface area (Å²) in [6, 6.07) is 14.5. The number of nitrogens with one attached hydrogen (secondary N) is 2. The molecule has 0 unspecified atom stereocenters. The van der Waals surface area contributed by atoms with Crippen LogP contribution in [0.1, 0.15) is 25.0 Å². The topological polar surface area (TPSA) is 166 Å². The van der Waals surface area contributed by atoms with E-state index in [0.717, 1.165) is 32.4 Å². The molecule has 10 heterocycles. The molecule has 4 bridgehead atoms. The van der Waals surface area contributed by atoms with E-state index in [1.54, 1.807) is 26.1 Å². The van der Waals surface area contributed by atoms with Gasteiger partial charge in [0, 0.05) is 25.5 Å². The molecule has 250 valence electrons. The van der Waals surface area contributed by atoms with Crippen LogP contribution >= 0.6 is 43.2 Å². The molecule has 0 radical (unpaired) electrons. The number of hydrogen-bond donors (Lipinski definition) is 5. The predicted molar refractivity (Wildman–Crippen MR) is 181 cm³/mol. The van der Waals surface area contributed by atoms with Gasteiger partial charge in [-0.2, -0.15) is 0 Å². The van der Waals surface area contributed by atoms with E-state index in [-0.39, 0.29) is 5.91 Å². The second-order valence-corrected chi connectivity index (χ2v) is 19.2. The lowest BCUT2D eigenvalue weighted by Crippen LogP contribution is -2.80. The number of carbonyl (C=O) groups excluding carboxylic acids is 4. The zero-order chi connectivity index (χ0) is 33.7. The first-order valence-corrected chi connectivity index (χ1v) is 19.8. The van der Waals surface area contributed by atoms with Crippen molar-refractivity contribution in [1.29, 1.82) is 0 Å². The van der Waals surface area contributed by atoms with E-state index in [0.29, 0.717) is 22.5 Å². The number of fused-ring (bicyclic) bond motifs is 11. The van der Waals surface area contributed by atoms with E-state index in [2.05, 4.69) is 10.6 Å². The van der Waals surface area contributed by atoms with E-state index in [1.807, 2.05) is 36.4 Å². The number of benzene rings is 2. The molecule has 4 amide bonds. The van der Waals surface area contributed by atoms with E-state index in [1.165, 1.54) is 44.4 Å². The molecule has 8 saturated heterocycles. The molecule has 17 heteroatoms. The van der Waals surface area contributed by atoms with Crippen molar-refractivity contribution in [1.82, 2.24) is 19.6 Å². The van der Waals surface area contributed by atoms with Gasteiger partial charge in [-0.15, -0.1) is 0 Å². The Hall–Kier alpha value is -2.80. The molecule has 5 N–H and O–H groups in total. The number of aliphatic hydroxyl groups is 3. The Balaban J connectivity index is 1.34. The second-order valence-electron chi connectivity index (χ2n) is 13.9. The Kier molecular flexibility index (Phi) is 5.36. The van der Waals surface area contributed by atoms with Gasteiger partial charge in [0.25, 0.3) is 23.6 Å². The number of nitrogens with zero attached hydrogens (tertiary/aromatic N) is 4. The maximum absolute atomic E-state index is 14.9. The molecule has 10 aliphatic rings. The third-order valence-electron chi connectivity index (χ3n) is 12.4. The minimum Gasteiger partial charge on any atom is -0.389 e.